The molecule has 3 atom stereocenters. The zero-order chi connectivity index (χ0) is 24.2. The van der Waals surface area contributed by atoms with Crippen molar-refractivity contribution in [3.05, 3.63) is 57.1 Å². The van der Waals surface area contributed by atoms with Gasteiger partial charge in [0.1, 0.15) is 4.90 Å². The molecule has 0 aliphatic heterocycles. The molecule has 2 N–H and O–H groups in total. The van der Waals surface area contributed by atoms with E-state index in [0.717, 1.165) is 32.1 Å². The average molecular weight is 511 g/mol. The Morgan fingerprint density at radius 1 is 1.15 bits per heavy atom. The van der Waals surface area contributed by atoms with Crippen molar-refractivity contribution in [1.82, 2.24) is 4.72 Å². The Hall–Kier alpha value is -1.27. The molecule has 180 valence electrons. The van der Waals surface area contributed by atoms with E-state index in [4.69, 9.17) is 23.2 Å². The molecule has 4 nitrogen and oxygen atoms in total. The number of hydrogen-bond donors (Lipinski definition) is 2. The fourth-order valence-corrected chi connectivity index (χ4v) is 8.24. The molecule has 1 fully saturated rings. The van der Waals surface area contributed by atoms with E-state index in [9.17, 15) is 13.5 Å². The van der Waals surface area contributed by atoms with E-state index in [1.807, 2.05) is 0 Å². The maximum absolute atomic E-state index is 13.1. The number of aromatic hydroxyl groups is 1. The third-order valence-corrected chi connectivity index (χ3v) is 10.0. The Labute approximate surface area is 207 Å². The summed E-state index contributed by atoms with van der Waals surface area (Å²) in [6, 6.07) is 9.52. The van der Waals surface area contributed by atoms with Crippen molar-refractivity contribution >= 4 is 33.2 Å². The van der Waals surface area contributed by atoms with Gasteiger partial charge in [0.2, 0.25) is 10.0 Å². The SMILES string of the molecule is CC(C)c1ccc2c(c1)CC[C@H]1[C@](C)(CNS(=O)(=O)c3cc(Cl)cc(Cl)c3O)CCC[C@]21C. The molecule has 2 aromatic rings. The van der Waals surface area contributed by atoms with Crippen LogP contribution in [0.4, 0.5) is 0 Å². The molecule has 0 heterocycles. The van der Waals surface area contributed by atoms with E-state index >= 15 is 0 Å². The van der Waals surface area contributed by atoms with Gasteiger partial charge in [-0.3, -0.25) is 0 Å². The number of phenolic OH excluding ortho intramolecular Hbond substituents is 1. The molecule has 2 aromatic carbocycles. The van der Waals surface area contributed by atoms with Crippen molar-refractivity contribution in [2.45, 2.75) is 76.0 Å². The number of fused-ring (bicyclic) bond motifs is 3. The van der Waals surface area contributed by atoms with E-state index < -0.39 is 15.8 Å². The van der Waals surface area contributed by atoms with Gasteiger partial charge < -0.3 is 5.11 Å². The zero-order valence-corrected chi connectivity index (χ0v) is 22.0. The summed E-state index contributed by atoms with van der Waals surface area (Å²) in [6.45, 7) is 9.32. The van der Waals surface area contributed by atoms with Gasteiger partial charge in [-0.2, -0.15) is 0 Å². The van der Waals surface area contributed by atoms with Gasteiger partial charge in [0.15, 0.2) is 5.75 Å². The molecule has 7 heteroatoms. The molecular formula is C26H33Cl2NO3S. The third kappa shape index (κ3) is 4.42. The van der Waals surface area contributed by atoms with Crippen molar-refractivity contribution in [1.29, 1.82) is 0 Å². The second kappa shape index (κ2) is 8.75. The Kier molecular flexibility index (Phi) is 6.58. The van der Waals surface area contributed by atoms with Crippen LogP contribution in [0.15, 0.2) is 35.2 Å². The summed E-state index contributed by atoms with van der Waals surface area (Å²) >= 11 is 12.0. The summed E-state index contributed by atoms with van der Waals surface area (Å²) in [7, 11) is -3.98. The quantitative estimate of drug-likeness (QED) is 0.464. The number of phenols is 1. The van der Waals surface area contributed by atoms with Gasteiger partial charge in [0, 0.05) is 11.6 Å². The summed E-state index contributed by atoms with van der Waals surface area (Å²) in [6.07, 6.45) is 5.17. The molecule has 0 saturated heterocycles. The highest BCUT2D eigenvalue weighted by Crippen LogP contribution is 2.57. The Morgan fingerprint density at radius 3 is 2.58 bits per heavy atom. The van der Waals surface area contributed by atoms with Gasteiger partial charge >= 0.3 is 0 Å². The smallest absolute Gasteiger partial charge is 0.244 e. The summed E-state index contributed by atoms with van der Waals surface area (Å²) < 4.78 is 29.0. The van der Waals surface area contributed by atoms with E-state index in [1.54, 1.807) is 0 Å². The number of rotatable bonds is 5. The molecule has 0 spiro atoms. The highest BCUT2D eigenvalue weighted by Gasteiger charge is 2.51. The lowest BCUT2D eigenvalue weighted by atomic mass is 9.50. The molecule has 0 bridgehead atoms. The van der Waals surface area contributed by atoms with E-state index in [-0.39, 0.29) is 25.8 Å². The molecule has 0 radical (unpaired) electrons. The Balaban J connectivity index is 1.62. The normalized spacial score (nSPS) is 27.3. The average Bonchev–Trinajstić information content (AvgIpc) is 2.74. The Bertz CT molecular complexity index is 1180. The second-order valence-electron chi connectivity index (χ2n) is 10.6. The van der Waals surface area contributed by atoms with Crippen molar-refractivity contribution in [3.63, 3.8) is 0 Å². The highest BCUT2D eigenvalue weighted by atomic mass is 35.5. The van der Waals surface area contributed by atoms with Gasteiger partial charge in [0.05, 0.1) is 5.02 Å². The van der Waals surface area contributed by atoms with Gasteiger partial charge in [-0.25, -0.2) is 13.1 Å². The molecule has 4 rings (SSSR count). The van der Waals surface area contributed by atoms with Gasteiger partial charge in [-0.05, 0) is 77.2 Å². The molecule has 2 aliphatic rings. The molecular weight excluding hydrogens is 477 g/mol. The number of aryl methyl sites for hydroxylation is 1. The first-order valence-corrected chi connectivity index (χ1v) is 13.9. The maximum atomic E-state index is 13.1. The summed E-state index contributed by atoms with van der Waals surface area (Å²) in [5.41, 5.74) is 4.07. The first-order valence-electron chi connectivity index (χ1n) is 11.7. The number of sulfonamides is 1. The van der Waals surface area contributed by atoms with Crippen LogP contribution in [0.5, 0.6) is 5.75 Å². The van der Waals surface area contributed by atoms with Crippen molar-refractivity contribution in [2.75, 3.05) is 6.54 Å². The third-order valence-electron chi connectivity index (χ3n) is 8.12. The predicted octanol–water partition coefficient (Wildman–Crippen LogP) is 6.81. The van der Waals surface area contributed by atoms with Crippen LogP contribution in [0.3, 0.4) is 0 Å². The fraction of sp³-hybridized carbons (Fsp3) is 0.538. The van der Waals surface area contributed by atoms with Crippen LogP contribution in [0.2, 0.25) is 10.0 Å². The molecule has 0 unspecified atom stereocenters. The lowest BCUT2D eigenvalue weighted by Crippen LogP contribution is -2.53. The summed E-state index contributed by atoms with van der Waals surface area (Å²) in [5.74, 6) is 0.387. The fourth-order valence-electron chi connectivity index (χ4n) is 6.30. The van der Waals surface area contributed by atoms with Crippen LogP contribution in [0.1, 0.15) is 76.0 Å². The minimum atomic E-state index is -3.98. The van der Waals surface area contributed by atoms with Crippen LogP contribution in [-0.2, 0) is 21.9 Å². The largest absolute Gasteiger partial charge is 0.505 e. The van der Waals surface area contributed by atoms with Crippen LogP contribution in [0.25, 0.3) is 0 Å². The van der Waals surface area contributed by atoms with Gasteiger partial charge in [-0.15, -0.1) is 0 Å². The van der Waals surface area contributed by atoms with Crippen LogP contribution >= 0.6 is 23.2 Å². The lowest BCUT2D eigenvalue weighted by molar-refractivity contribution is 0.0298. The number of nitrogens with one attached hydrogen (secondary N) is 1. The number of halogens is 2. The summed E-state index contributed by atoms with van der Waals surface area (Å²) in [4.78, 5) is -0.280. The van der Waals surface area contributed by atoms with E-state index in [0.29, 0.717) is 18.4 Å². The Morgan fingerprint density at radius 2 is 1.88 bits per heavy atom. The monoisotopic (exact) mass is 509 g/mol. The molecule has 2 aliphatic carbocycles. The standard InChI is InChI=1S/C26H33Cl2NO3S/c1-16(2)17-6-8-20-18(12-17)7-9-23-25(3,10-5-11-26(20,23)4)15-29-33(31,32)22-14-19(27)13-21(28)24(22)30/h6,8,12-14,16,23,29-30H,5,7,9-11,15H2,1-4H3/t23-,25-,26+/m0/s1. The van der Waals surface area contributed by atoms with Gasteiger partial charge in [-0.1, -0.05) is 75.5 Å². The summed E-state index contributed by atoms with van der Waals surface area (Å²) in [5, 5.41) is 10.3. The predicted molar refractivity (Wildman–Crippen MR) is 135 cm³/mol. The zero-order valence-electron chi connectivity index (χ0n) is 19.7. The topological polar surface area (TPSA) is 66.4 Å². The van der Waals surface area contributed by atoms with Crippen molar-refractivity contribution in [2.24, 2.45) is 11.3 Å². The highest BCUT2D eigenvalue weighted by molar-refractivity contribution is 7.89. The van der Waals surface area contributed by atoms with Crippen LogP contribution < -0.4 is 4.72 Å². The first-order chi connectivity index (χ1) is 15.4. The maximum Gasteiger partial charge on any atom is 0.244 e. The van der Waals surface area contributed by atoms with Crippen molar-refractivity contribution in [3.8, 4) is 5.75 Å². The molecule has 1 saturated carbocycles. The molecule has 0 aromatic heterocycles. The van der Waals surface area contributed by atoms with E-state index in [1.165, 1.54) is 28.8 Å². The molecule has 33 heavy (non-hydrogen) atoms. The lowest BCUT2D eigenvalue weighted by Gasteiger charge is -2.55. The second-order valence-corrected chi connectivity index (χ2v) is 13.2. The number of hydrogen-bond acceptors (Lipinski definition) is 3. The van der Waals surface area contributed by atoms with Crippen LogP contribution in [-0.4, -0.2) is 20.1 Å². The minimum absolute atomic E-state index is 0.0169. The van der Waals surface area contributed by atoms with Gasteiger partial charge in [0.25, 0.3) is 0 Å². The number of benzene rings is 2. The molecule has 0 amide bonds. The minimum Gasteiger partial charge on any atom is -0.505 e. The van der Waals surface area contributed by atoms with E-state index in [2.05, 4.69) is 50.6 Å². The first kappa shape index (κ1) is 24.8. The van der Waals surface area contributed by atoms with Crippen LogP contribution in [0, 0.1) is 11.3 Å². The van der Waals surface area contributed by atoms with Crippen molar-refractivity contribution < 1.29 is 13.5 Å².